The summed E-state index contributed by atoms with van der Waals surface area (Å²) in [5.74, 6) is 0.252. The zero-order valence-corrected chi connectivity index (χ0v) is 25.0. The van der Waals surface area contributed by atoms with Crippen molar-refractivity contribution in [2.45, 2.75) is 57.4 Å². The van der Waals surface area contributed by atoms with Crippen molar-refractivity contribution >= 4 is 50.0 Å². The average molecular weight is 621 g/mol. The molecule has 1 amide bonds. The highest BCUT2D eigenvalue weighted by atomic mass is 32.2. The molecule has 0 aliphatic heterocycles. The summed E-state index contributed by atoms with van der Waals surface area (Å²) in [6.07, 6.45) is 5.78. The quantitative estimate of drug-likeness (QED) is 0.156. The van der Waals surface area contributed by atoms with Gasteiger partial charge in [0.1, 0.15) is 11.5 Å². The number of likely N-dealkylation sites (N-methyl/N-ethyl adjacent to an activating group) is 1. The topological polar surface area (TPSA) is 146 Å². The lowest BCUT2D eigenvalue weighted by Gasteiger charge is -2.32. The normalized spacial score (nSPS) is 13.7. The predicted molar refractivity (Wildman–Crippen MR) is 174 cm³/mol. The third-order valence-electron chi connectivity index (χ3n) is 7.46. The van der Waals surface area contributed by atoms with Crippen LogP contribution in [0.5, 0.6) is 11.5 Å². The molecule has 4 aromatic rings. The Morgan fingerprint density at radius 1 is 0.955 bits per heavy atom. The van der Waals surface area contributed by atoms with E-state index in [1.165, 1.54) is 50.6 Å². The molecule has 4 N–H and O–H groups in total. The lowest BCUT2D eigenvalue weighted by molar-refractivity contribution is -0.118. The molecule has 0 atom stereocenters. The van der Waals surface area contributed by atoms with Crippen LogP contribution in [0.1, 0.15) is 46.5 Å². The van der Waals surface area contributed by atoms with E-state index in [1.54, 1.807) is 42.5 Å². The van der Waals surface area contributed by atoms with E-state index in [4.69, 9.17) is 4.74 Å². The Morgan fingerprint density at radius 2 is 1.66 bits per heavy atom. The number of methoxy groups -OCH3 is 1. The summed E-state index contributed by atoms with van der Waals surface area (Å²) in [5, 5.41) is 16.0. The van der Waals surface area contributed by atoms with Crippen molar-refractivity contribution in [2.24, 2.45) is 0 Å². The zero-order valence-electron chi connectivity index (χ0n) is 24.2. The molecule has 3 aromatic carbocycles. The second kappa shape index (κ2) is 14.4. The van der Waals surface area contributed by atoms with Gasteiger partial charge in [-0.1, -0.05) is 51.8 Å². The zero-order chi connectivity index (χ0) is 30.4. The third-order valence-corrected chi connectivity index (χ3v) is 8.80. The molecule has 1 aromatic heterocycles. The lowest BCUT2D eigenvalue weighted by Crippen LogP contribution is -2.41. The van der Waals surface area contributed by atoms with Crippen LogP contribution in [-0.2, 0) is 14.8 Å². The molecule has 0 spiro atoms. The van der Waals surface area contributed by atoms with Crippen LogP contribution < -0.4 is 20.1 Å². The van der Waals surface area contributed by atoms with Crippen LogP contribution in [-0.4, -0.2) is 60.5 Å². The van der Waals surface area contributed by atoms with Gasteiger partial charge >= 0.3 is 0 Å². The second-order valence-electron chi connectivity index (χ2n) is 10.5. The van der Waals surface area contributed by atoms with E-state index in [0.717, 1.165) is 19.4 Å². The number of nitrogens with one attached hydrogen (secondary N) is 3. The first-order chi connectivity index (χ1) is 20.7. The molecule has 11 nitrogen and oxygen atoms in total. The minimum atomic E-state index is -4.15. The Kier molecular flexibility index (Phi) is 10.6. The highest BCUT2D eigenvalue weighted by Crippen LogP contribution is 2.31. The number of fused-ring (bicyclic) bond motifs is 1. The molecule has 0 saturated heterocycles. The number of ether oxygens (including phenoxy) is 1. The van der Waals surface area contributed by atoms with E-state index < -0.39 is 10.0 Å². The van der Waals surface area contributed by atoms with Gasteiger partial charge in [-0.05, 0) is 49.7 Å². The van der Waals surface area contributed by atoms with Gasteiger partial charge in [0, 0.05) is 35.6 Å². The number of hydrogen-bond donors (Lipinski definition) is 4. The number of rotatable bonds is 11. The summed E-state index contributed by atoms with van der Waals surface area (Å²) in [6, 6.07) is 18.1. The first kappa shape index (κ1) is 32.5. The molecule has 1 aliphatic rings. The molecule has 1 fully saturated rings. The molecule has 5 rings (SSSR count). The fourth-order valence-electron chi connectivity index (χ4n) is 5.33. The smallest absolute Gasteiger partial charge is 0.263 e. The van der Waals surface area contributed by atoms with Crippen LogP contribution in [0.15, 0.2) is 71.6 Å². The Bertz CT molecular complexity index is 1710. The van der Waals surface area contributed by atoms with Crippen LogP contribution in [0.2, 0.25) is 0 Å². The van der Waals surface area contributed by atoms with E-state index in [1.807, 2.05) is 0 Å². The van der Waals surface area contributed by atoms with Gasteiger partial charge < -0.3 is 20.5 Å². The van der Waals surface area contributed by atoms with Gasteiger partial charge in [-0.3, -0.25) is 14.4 Å². The number of phenols is 1. The number of benzene rings is 3. The molecule has 1 heterocycles. The van der Waals surface area contributed by atoms with Crippen molar-refractivity contribution in [1.82, 2.24) is 14.9 Å². The van der Waals surface area contributed by atoms with Crippen LogP contribution >= 0.6 is 0 Å². The maximum Gasteiger partial charge on any atom is 0.263 e. The number of carbonyl (C=O) groups excluding carboxylic acids is 1. The molecule has 12 heteroatoms. The van der Waals surface area contributed by atoms with Gasteiger partial charge in [0.05, 0.1) is 29.6 Å². The number of aromatic nitrogens is 2. The van der Waals surface area contributed by atoms with E-state index in [-0.39, 0.29) is 42.2 Å². The van der Waals surface area contributed by atoms with Gasteiger partial charge in [-0.25, -0.2) is 18.4 Å². The van der Waals surface area contributed by atoms with Crippen molar-refractivity contribution < 1.29 is 23.1 Å². The number of para-hydroxylation sites is 2. The monoisotopic (exact) mass is 620 g/mol. The predicted octanol–water partition coefficient (Wildman–Crippen LogP) is 6.12. The summed E-state index contributed by atoms with van der Waals surface area (Å²) in [6.45, 7) is 3.07. The lowest BCUT2D eigenvalue weighted by atomic mass is 9.94. The van der Waals surface area contributed by atoms with E-state index >= 15 is 0 Å². The number of aromatic hydroxyl groups is 1. The molecule has 1 saturated carbocycles. The minimum absolute atomic E-state index is 0. The van der Waals surface area contributed by atoms with Crippen LogP contribution in [0, 0.1) is 0 Å². The molecule has 44 heavy (non-hydrogen) atoms. The first-order valence-corrected chi connectivity index (χ1v) is 15.8. The Balaban J connectivity index is 0.00000442. The Morgan fingerprint density at radius 3 is 2.34 bits per heavy atom. The molecule has 0 bridgehead atoms. The molecule has 234 valence electrons. The van der Waals surface area contributed by atoms with Crippen molar-refractivity contribution in [2.75, 3.05) is 35.6 Å². The third kappa shape index (κ3) is 7.94. The van der Waals surface area contributed by atoms with Gasteiger partial charge in [0.2, 0.25) is 5.91 Å². The van der Waals surface area contributed by atoms with Gasteiger partial charge in [-0.2, -0.15) is 0 Å². The van der Waals surface area contributed by atoms with Gasteiger partial charge in [0.25, 0.3) is 10.0 Å². The van der Waals surface area contributed by atoms with Crippen molar-refractivity contribution in [3.8, 4) is 11.5 Å². The number of hydrogen-bond acceptors (Lipinski definition) is 9. The second-order valence-corrected chi connectivity index (χ2v) is 12.2. The molecular weight excluding hydrogens is 580 g/mol. The number of sulfonamides is 1. The average Bonchev–Trinajstić information content (AvgIpc) is 3.00. The number of nitrogens with zero attached hydrogens (tertiary/aromatic N) is 3. The standard InChI is InChI=1S/C31H36N6O5S.CH4/c1-3-37(23-11-5-4-6-12-23)20-29(39)32-21-10-9-13-26(18-21)43(40,41)36-31-30(34-27-14-7-8-15-28(27)35-31)33-22-16-24(38)19-25(17-22)42-2;/h7-10,13-19,23,38H,3-6,11-12,20H2,1-2H3,(H,32,39)(H,33,34)(H,35,36);1H4. The number of amides is 1. The largest absolute Gasteiger partial charge is 0.508 e. The van der Waals surface area contributed by atoms with Crippen LogP contribution in [0.3, 0.4) is 0 Å². The summed E-state index contributed by atoms with van der Waals surface area (Å²) in [5.41, 5.74) is 1.82. The summed E-state index contributed by atoms with van der Waals surface area (Å²) in [4.78, 5) is 24.2. The number of phenolic OH excluding ortho intramolecular Hbond substituents is 1. The Labute approximate surface area is 258 Å². The van der Waals surface area contributed by atoms with E-state index in [0.29, 0.717) is 34.2 Å². The maximum atomic E-state index is 13.6. The highest BCUT2D eigenvalue weighted by molar-refractivity contribution is 7.92. The van der Waals surface area contributed by atoms with Crippen molar-refractivity contribution in [3.63, 3.8) is 0 Å². The molecule has 0 unspecified atom stereocenters. The van der Waals surface area contributed by atoms with Gasteiger partial charge in [-0.15, -0.1) is 0 Å². The molecular formula is C32H40N6O5S. The van der Waals surface area contributed by atoms with Crippen molar-refractivity contribution in [1.29, 1.82) is 0 Å². The SMILES string of the molecule is C.CCN(CC(=O)Nc1cccc(S(=O)(=O)Nc2nc3ccccc3nc2Nc2cc(O)cc(OC)c2)c1)C1CCCCC1. The van der Waals surface area contributed by atoms with Gasteiger partial charge in [0.15, 0.2) is 11.6 Å². The number of carbonyl (C=O) groups is 1. The fraction of sp³-hybridized carbons (Fsp3) is 0.344. The summed E-state index contributed by atoms with van der Waals surface area (Å²) >= 11 is 0. The molecule has 1 aliphatic carbocycles. The maximum absolute atomic E-state index is 13.6. The number of anilines is 4. The summed E-state index contributed by atoms with van der Waals surface area (Å²) in [7, 11) is -2.68. The highest BCUT2D eigenvalue weighted by Gasteiger charge is 2.23. The van der Waals surface area contributed by atoms with E-state index in [9.17, 15) is 18.3 Å². The van der Waals surface area contributed by atoms with E-state index in [2.05, 4.69) is 37.1 Å². The summed E-state index contributed by atoms with van der Waals surface area (Å²) < 4.78 is 34.9. The van der Waals surface area contributed by atoms with Crippen molar-refractivity contribution in [3.05, 3.63) is 66.7 Å². The first-order valence-electron chi connectivity index (χ1n) is 14.3. The fourth-order valence-corrected chi connectivity index (χ4v) is 6.38. The molecule has 0 radical (unpaired) electrons. The van der Waals surface area contributed by atoms with Crippen LogP contribution in [0.4, 0.5) is 23.0 Å². The minimum Gasteiger partial charge on any atom is -0.508 e. The Hall–Kier alpha value is -4.42. The van der Waals surface area contributed by atoms with Crippen LogP contribution in [0.25, 0.3) is 11.0 Å².